The topological polar surface area (TPSA) is 32.3 Å². The van der Waals surface area contributed by atoms with Crippen LogP contribution < -0.4 is 5.32 Å². The second-order valence-corrected chi connectivity index (χ2v) is 5.08. The van der Waals surface area contributed by atoms with Gasteiger partial charge in [-0.2, -0.15) is 0 Å². The van der Waals surface area contributed by atoms with Crippen LogP contribution in [0.25, 0.3) is 0 Å². The van der Waals surface area contributed by atoms with Crippen LogP contribution in [-0.4, -0.2) is 36.5 Å². The van der Waals surface area contributed by atoms with Crippen molar-refractivity contribution in [2.45, 2.75) is 32.2 Å². The third-order valence-electron chi connectivity index (χ3n) is 3.65. The molecule has 5 heteroatoms. The molecule has 0 aliphatic carbocycles. The lowest BCUT2D eigenvalue weighted by molar-refractivity contribution is 0.0632. The highest BCUT2D eigenvalue weighted by Crippen LogP contribution is 2.20. The lowest BCUT2D eigenvalue weighted by Gasteiger charge is -2.34. The summed E-state index contributed by atoms with van der Waals surface area (Å²) in [7, 11) is 0. The van der Waals surface area contributed by atoms with Crippen molar-refractivity contribution in [2.24, 2.45) is 0 Å². The second kappa shape index (κ2) is 6.79. The van der Waals surface area contributed by atoms with E-state index in [1.54, 1.807) is 4.90 Å². The zero-order valence-corrected chi connectivity index (χ0v) is 11.7. The van der Waals surface area contributed by atoms with E-state index in [1.807, 2.05) is 6.92 Å². The molecule has 0 bridgehead atoms. The Kier molecular flexibility index (Phi) is 5.06. The van der Waals surface area contributed by atoms with Crippen LogP contribution in [0.2, 0.25) is 0 Å². The normalized spacial score (nSPS) is 16.1. The maximum absolute atomic E-state index is 13.8. The number of halogens is 2. The molecule has 1 saturated heterocycles. The number of piperidine rings is 1. The zero-order chi connectivity index (χ0) is 14.5. The van der Waals surface area contributed by atoms with Crippen LogP contribution in [0.5, 0.6) is 0 Å². The zero-order valence-electron chi connectivity index (χ0n) is 11.7. The molecule has 0 atom stereocenters. The lowest BCUT2D eigenvalue weighted by atomic mass is 10.0. The predicted molar refractivity (Wildman–Crippen MR) is 73.6 cm³/mol. The first kappa shape index (κ1) is 14.9. The van der Waals surface area contributed by atoms with Crippen molar-refractivity contribution in [3.63, 3.8) is 0 Å². The number of nitrogens with one attached hydrogen (secondary N) is 1. The van der Waals surface area contributed by atoms with Gasteiger partial charge in [0.25, 0.3) is 5.91 Å². The molecule has 1 aromatic carbocycles. The van der Waals surface area contributed by atoms with Gasteiger partial charge in [-0.3, -0.25) is 4.79 Å². The number of nitrogens with zero attached hydrogens (tertiary/aromatic N) is 1. The van der Waals surface area contributed by atoms with Crippen molar-refractivity contribution >= 4 is 5.91 Å². The molecular weight excluding hydrogens is 262 g/mol. The SMILES string of the molecule is CCCN(C(=O)c1c(F)cccc1F)C1CCNCC1. The Balaban J connectivity index is 2.26. The molecule has 1 aliphatic rings. The second-order valence-electron chi connectivity index (χ2n) is 5.08. The molecule has 1 aromatic rings. The van der Waals surface area contributed by atoms with E-state index in [2.05, 4.69) is 5.32 Å². The van der Waals surface area contributed by atoms with E-state index in [0.29, 0.717) is 6.54 Å². The van der Waals surface area contributed by atoms with Crippen LogP contribution in [0.3, 0.4) is 0 Å². The van der Waals surface area contributed by atoms with Gasteiger partial charge in [0.2, 0.25) is 0 Å². The summed E-state index contributed by atoms with van der Waals surface area (Å²) in [4.78, 5) is 14.1. The van der Waals surface area contributed by atoms with E-state index in [4.69, 9.17) is 0 Å². The number of hydrogen-bond acceptors (Lipinski definition) is 2. The maximum atomic E-state index is 13.8. The van der Waals surface area contributed by atoms with E-state index in [9.17, 15) is 13.6 Å². The standard InChI is InChI=1S/C15H20F2N2O/c1-2-10-19(11-6-8-18-9-7-11)15(20)14-12(16)4-3-5-13(14)17/h3-5,11,18H,2,6-10H2,1H3. The molecule has 0 aromatic heterocycles. The van der Waals surface area contributed by atoms with Gasteiger partial charge in [0.15, 0.2) is 0 Å². The molecule has 2 rings (SSSR count). The Hall–Kier alpha value is -1.49. The van der Waals surface area contributed by atoms with Crippen LogP contribution in [0, 0.1) is 11.6 Å². The van der Waals surface area contributed by atoms with Gasteiger partial charge >= 0.3 is 0 Å². The third kappa shape index (κ3) is 3.15. The van der Waals surface area contributed by atoms with Crippen molar-refractivity contribution in [3.05, 3.63) is 35.4 Å². The Bertz CT molecular complexity index is 453. The van der Waals surface area contributed by atoms with Crippen molar-refractivity contribution in [1.29, 1.82) is 0 Å². The van der Waals surface area contributed by atoms with Gasteiger partial charge in [0.1, 0.15) is 17.2 Å². The maximum Gasteiger partial charge on any atom is 0.260 e. The van der Waals surface area contributed by atoms with Crippen LogP contribution in [-0.2, 0) is 0 Å². The number of hydrogen-bond donors (Lipinski definition) is 1. The predicted octanol–water partition coefficient (Wildman–Crippen LogP) is 2.57. The molecule has 1 N–H and O–H groups in total. The molecule has 0 saturated carbocycles. The number of amides is 1. The first-order valence-corrected chi connectivity index (χ1v) is 7.10. The van der Waals surface area contributed by atoms with Gasteiger partial charge in [-0.1, -0.05) is 13.0 Å². The highest BCUT2D eigenvalue weighted by atomic mass is 19.1. The Morgan fingerprint density at radius 2 is 1.90 bits per heavy atom. The summed E-state index contributed by atoms with van der Waals surface area (Å²) >= 11 is 0. The number of benzene rings is 1. The highest BCUT2D eigenvalue weighted by molar-refractivity contribution is 5.95. The summed E-state index contributed by atoms with van der Waals surface area (Å²) in [5.74, 6) is -2.11. The molecular formula is C15H20F2N2O. The van der Waals surface area contributed by atoms with Gasteiger partial charge < -0.3 is 10.2 Å². The molecule has 0 radical (unpaired) electrons. The van der Waals surface area contributed by atoms with E-state index < -0.39 is 23.1 Å². The van der Waals surface area contributed by atoms with E-state index in [1.165, 1.54) is 6.07 Å². The Morgan fingerprint density at radius 1 is 1.30 bits per heavy atom. The van der Waals surface area contributed by atoms with Crippen molar-refractivity contribution < 1.29 is 13.6 Å². The van der Waals surface area contributed by atoms with Gasteiger partial charge in [-0.05, 0) is 44.5 Å². The van der Waals surface area contributed by atoms with Gasteiger partial charge in [0, 0.05) is 12.6 Å². The molecule has 1 amide bonds. The smallest absolute Gasteiger partial charge is 0.260 e. The van der Waals surface area contributed by atoms with Gasteiger partial charge in [-0.25, -0.2) is 8.78 Å². The number of rotatable bonds is 4. The first-order chi connectivity index (χ1) is 9.65. The Morgan fingerprint density at radius 3 is 2.45 bits per heavy atom. The largest absolute Gasteiger partial charge is 0.335 e. The van der Waals surface area contributed by atoms with Crippen molar-refractivity contribution in [1.82, 2.24) is 10.2 Å². The van der Waals surface area contributed by atoms with Crippen LogP contribution in [0.4, 0.5) is 8.78 Å². The molecule has 110 valence electrons. The van der Waals surface area contributed by atoms with E-state index >= 15 is 0 Å². The minimum atomic E-state index is -0.787. The molecule has 1 heterocycles. The van der Waals surface area contributed by atoms with Crippen molar-refractivity contribution in [2.75, 3.05) is 19.6 Å². The summed E-state index contributed by atoms with van der Waals surface area (Å²) in [6, 6.07) is 3.59. The van der Waals surface area contributed by atoms with Gasteiger partial charge in [-0.15, -0.1) is 0 Å². The molecule has 0 spiro atoms. The summed E-state index contributed by atoms with van der Waals surface area (Å²) in [5, 5.41) is 3.23. The molecule has 20 heavy (non-hydrogen) atoms. The van der Waals surface area contributed by atoms with Crippen molar-refractivity contribution in [3.8, 4) is 0 Å². The summed E-state index contributed by atoms with van der Waals surface area (Å²) < 4.78 is 27.5. The number of carbonyl (C=O) groups excluding carboxylic acids is 1. The van der Waals surface area contributed by atoms with E-state index in [0.717, 1.165) is 44.5 Å². The fourth-order valence-electron chi connectivity index (χ4n) is 2.65. The summed E-state index contributed by atoms with van der Waals surface area (Å²) in [6.07, 6.45) is 2.41. The minimum absolute atomic E-state index is 0.0581. The molecule has 0 unspecified atom stereocenters. The summed E-state index contributed by atoms with van der Waals surface area (Å²) in [6.45, 7) is 4.15. The van der Waals surface area contributed by atoms with Crippen LogP contribution >= 0.6 is 0 Å². The monoisotopic (exact) mass is 282 g/mol. The van der Waals surface area contributed by atoms with E-state index in [-0.39, 0.29) is 6.04 Å². The minimum Gasteiger partial charge on any atom is -0.335 e. The van der Waals surface area contributed by atoms with Crippen LogP contribution in [0.15, 0.2) is 18.2 Å². The lowest BCUT2D eigenvalue weighted by Crippen LogP contribution is -2.46. The number of carbonyl (C=O) groups is 1. The fourth-order valence-corrected chi connectivity index (χ4v) is 2.65. The van der Waals surface area contributed by atoms with Gasteiger partial charge in [0.05, 0.1) is 0 Å². The fraction of sp³-hybridized carbons (Fsp3) is 0.533. The average Bonchev–Trinajstić information content (AvgIpc) is 2.45. The quantitative estimate of drug-likeness (QED) is 0.920. The molecule has 1 fully saturated rings. The molecule has 1 aliphatic heterocycles. The summed E-state index contributed by atoms with van der Waals surface area (Å²) in [5.41, 5.74) is -0.431. The first-order valence-electron chi connectivity index (χ1n) is 7.10. The third-order valence-corrected chi connectivity index (χ3v) is 3.65. The highest BCUT2D eigenvalue weighted by Gasteiger charge is 2.28. The van der Waals surface area contributed by atoms with Crippen LogP contribution in [0.1, 0.15) is 36.5 Å². The molecule has 3 nitrogen and oxygen atoms in total. The Labute approximate surface area is 118 Å². The average molecular weight is 282 g/mol.